The number of carboxylic acids is 1. The number of aliphatic carboxylic acids is 1. The van der Waals surface area contributed by atoms with E-state index in [1.165, 1.54) is 0 Å². The zero-order valence-electron chi connectivity index (χ0n) is 6.73. The van der Waals surface area contributed by atoms with E-state index in [0.29, 0.717) is 5.92 Å². The van der Waals surface area contributed by atoms with Gasteiger partial charge in [-0.2, -0.15) is 5.26 Å². The van der Waals surface area contributed by atoms with Crippen molar-refractivity contribution in [1.29, 1.82) is 5.26 Å². The molecular weight excluding hydrogens is 154 g/mol. The van der Waals surface area contributed by atoms with Gasteiger partial charge in [0.2, 0.25) is 0 Å². The Morgan fingerprint density at radius 1 is 1.50 bits per heavy atom. The Labute approximate surface area is 71.0 Å². The van der Waals surface area contributed by atoms with Crippen LogP contribution in [0.5, 0.6) is 0 Å². The molecule has 2 fully saturated rings. The van der Waals surface area contributed by atoms with E-state index in [2.05, 4.69) is 6.07 Å². The zero-order chi connectivity index (χ0) is 8.72. The standard InChI is InChI=1S/C9H11NO2/c10-4-8-5-1-2-6(8)7(3-5)9(11)12/h5-8H,1-3H2,(H,11,12)/t5-,6+,7-,8+/m1/s1. The van der Waals surface area contributed by atoms with Gasteiger partial charge in [0.05, 0.1) is 17.9 Å². The van der Waals surface area contributed by atoms with E-state index in [1.807, 2.05) is 0 Å². The van der Waals surface area contributed by atoms with Gasteiger partial charge >= 0.3 is 5.97 Å². The first-order chi connectivity index (χ1) is 5.74. The molecule has 0 radical (unpaired) electrons. The third kappa shape index (κ3) is 0.842. The Bertz CT molecular complexity index is 256. The third-order valence-electron chi connectivity index (χ3n) is 3.38. The third-order valence-corrected chi connectivity index (χ3v) is 3.38. The molecular formula is C9H11NO2. The average Bonchev–Trinajstić information content (AvgIpc) is 2.59. The molecule has 1 N–H and O–H groups in total. The van der Waals surface area contributed by atoms with Crippen LogP contribution >= 0.6 is 0 Å². The second-order valence-corrected chi connectivity index (χ2v) is 3.84. The van der Waals surface area contributed by atoms with E-state index < -0.39 is 5.97 Å². The second-order valence-electron chi connectivity index (χ2n) is 3.84. The summed E-state index contributed by atoms with van der Waals surface area (Å²) >= 11 is 0. The minimum atomic E-state index is -0.706. The molecule has 0 unspecified atom stereocenters. The number of carboxylic acid groups (broad SMARTS) is 1. The number of nitriles is 1. The monoisotopic (exact) mass is 165 g/mol. The van der Waals surface area contributed by atoms with Crippen LogP contribution < -0.4 is 0 Å². The molecule has 0 spiro atoms. The van der Waals surface area contributed by atoms with Gasteiger partial charge in [-0.3, -0.25) is 4.79 Å². The van der Waals surface area contributed by atoms with Gasteiger partial charge in [-0.05, 0) is 31.1 Å². The molecule has 0 aromatic heterocycles. The first kappa shape index (κ1) is 7.60. The molecule has 64 valence electrons. The summed E-state index contributed by atoms with van der Waals surface area (Å²) in [5.74, 6) is -0.374. The molecule has 0 aromatic rings. The molecule has 2 bridgehead atoms. The molecule has 2 aliphatic carbocycles. The maximum atomic E-state index is 10.7. The van der Waals surface area contributed by atoms with Crippen molar-refractivity contribution < 1.29 is 9.90 Å². The van der Waals surface area contributed by atoms with E-state index in [1.54, 1.807) is 0 Å². The van der Waals surface area contributed by atoms with Crippen LogP contribution in [0.1, 0.15) is 19.3 Å². The fourth-order valence-electron chi connectivity index (χ4n) is 2.82. The summed E-state index contributed by atoms with van der Waals surface area (Å²) in [5, 5.41) is 17.6. The lowest BCUT2D eigenvalue weighted by atomic mass is 9.88. The first-order valence-electron chi connectivity index (χ1n) is 4.36. The van der Waals surface area contributed by atoms with E-state index in [4.69, 9.17) is 10.4 Å². The molecule has 2 rings (SSSR count). The van der Waals surface area contributed by atoms with Crippen LogP contribution in [0.4, 0.5) is 0 Å². The number of rotatable bonds is 1. The summed E-state index contributed by atoms with van der Waals surface area (Å²) in [7, 11) is 0. The van der Waals surface area contributed by atoms with Crippen molar-refractivity contribution in [3.8, 4) is 6.07 Å². The molecule has 12 heavy (non-hydrogen) atoms. The SMILES string of the molecule is N#C[C@H]1[C@@H]2CC[C@H]1[C@H](C(=O)O)C2. The molecule has 0 aromatic carbocycles. The number of fused-ring (bicyclic) bond motifs is 2. The second kappa shape index (κ2) is 2.48. The topological polar surface area (TPSA) is 61.1 Å². The van der Waals surface area contributed by atoms with Crippen LogP contribution in [0, 0.1) is 35.0 Å². The summed E-state index contributed by atoms with van der Waals surface area (Å²) in [6.07, 6.45) is 2.74. The van der Waals surface area contributed by atoms with Gasteiger partial charge in [-0.15, -0.1) is 0 Å². The Morgan fingerprint density at radius 2 is 2.25 bits per heavy atom. The van der Waals surface area contributed by atoms with Gasteiger partial charge in [-0.1, -0.05) is 0 Å². The molecule has 3 nitrogen and oxygen atoms in total. The highest BCUT2D eigenvalue weighted by molar-refractivity contribution is 5.71. The van der Waals surface area contributed by atoms with Crippen molar-refractivity contribution in [1.82, 2.24) is 0 Å². The Balaban J connectivity index is 2.19. The maximum absolute atomic E-state index is 10.7. The Morgan fingerprint density at radius 3 is 2.67 bits per heavy atom. The molecule has 0 aliphatic heterocycles. The molecule has 2 saturated carbocycles. The quantitative estimate of drug-likeness (QED) is 0.636. The van der Waals surface area contributed by atoms with E-state index >= 15 is 0 Å². The summed E-state index contributed by atoms with van der Waals surface area (Å²) in [5.41, 5.74) is 0. The first-order valence-corrected chi connectivity index (χ1v) is 4.36. The summed E-state index contributed by atoms with van der Waals surface area (Å²) in [4.78, 5) is 10.7. The van der Waals surface area contributed by atoms with Crippen molar-refractivity contribution in [3.63, 3.8) is 0 Å². The number of nitrogens with zero attached hydrogens (tertiary/aromatic N) is 1. The van der Waals surface area contributed by atoms with Crippen molar-refractivity contribution in [2.75, 3.05) is 0 Å². The largest absolute Gasteiger partial charge is 0.481 e. The molecule has 0 amide bonds. The van der Waals surface area contributed by atoms with Crippen LogP contribution in [0.15, 0.2) is 0 Å². The van der Waals surface area contributed by atoms with Crippen molar-refractivity contribution in [2.24, 2.45) is 23.7 Å². The van der Waals surface area contributed by atoms with Crippen molar-refractivity contribution in [2.45, 2.75) is 19.3 Å². The van der Waals surface area contributed by atoms with Gasteiger partial charge < -0.3 is 5.11 Å². The summed E-state index contributed by atoms with van der Waals surface area (Å²) < 4.78 is 0. The lowest BCUT2D eigenvalue weighted by Crippen LogP contribution is -2.21. The summed E-state index contributed by atoms with van der Waals surface area (Å²) in [6, 6.07) is 2.25. The van der Waals surface area contributed by atoms with Crippen LogP contribution in [0.25, 0.3) is 0 Å². The summed E-state index contributed by atoms with van der Waals surface area (Å²) in [6.45, 7) is 0. The van der Waals surface area contributed by atoms with E-state index in [9.17, 15) is 4.79 Å². The Hall–Kier alpha value is -1.04. The van der Waals surface area contributed by atoms with E-state index in [-0.39, 0.29) is 17.8 Å². The highest BCUT2D eigenvalue weighted by Crippen LogP contribution is 2.52. The lowest BCUT2D eigenvalue weighted by molar-refractivity contribution is -0.143. The van der Waals surface area contributed by atoms with Gasteiger partial charge in [-0.25, -0.2) is 0 Å². The van der Waals surface area contributed by atoms with Crippen LogP contribution in [-0.4, -0.2) is 11.1 Å². The molecule has 0 saturated heterocycles. The minimum Gasteiger partial charge on any atom is -0.481 e. The van der Waals surface area contributed by atoms with Crippen molar-refractivity contribution in [3.05, 3.63) is 0 Å². The average molecular weight is 165 g/mol. The minimum absolute atomic E-state index is 0.0334. The molecule has 3 heteroatoms. The van der Waals surface area contributed by atoms with Crippen LogP contribution in [0.3, 0.4) is 0 Å². The smallest absolute Gasteiger partial charge is 0.306 e. The van der Waals surface area contributed by atoms with Gasteiger partial charge in [0.1, 0.15) is 0 Å². The fraction of sp³-hybridized carbons (Fsp3) is 0.778. The molecule has 0 heterocycles. The predicted molar refractivity (Wildman–Crippen MR) is 41.1 cm³/mol. The predicted octanol–water partition coefficient (Wildman–Crippen LogP) is 1.26. The number of hydrogen-bond donors (Lipinski definition) is 1. The van der Waals surface area contributed by atoms with Gasteiger partial charge in [0.15, 0.2) is 0 Å². The van der Waals surface area contributed by atoms with E-state index in [0.717, 1.165) is 19.3 Å². The Kier molecular flexibility index (Phi) is 1.57. The number of hydrogen-bond acceptors (Lipinski definition) is 2. The van der Waals surface area contributed by atoms with Gasteiger partial charge in [0.25, 0.3) is 0 Å². The number of carbonyl (C=O) groups is 1. The van der Waals surface area contributed by atoms with Crippen LogP contribution in [-0.2, 0) is 4.79 Å². The normalized spacial score (nSPS) is 44.2. The lowest BCUT2D eigenvalue weighted by Gasteiger charge is -2.16. The fourth-order valence-corrected chi connectivity index (χ4v) is 2.82. The highest BCUT2D eigenvalue weighted by Gasteiger charge is 2.50. The van der Waals surface area contributed by atoms with Gasteiger partial charge in [0, 0.05) is 0 Å². The van der Waals surface area contributed by atoms with Crippen LogP contribution in [0.2, 0.25) is 0 Å². The molecule has 4 atom stereocenters. The van der Waals surface area contributed by atoms with Crippen molar-refractivity contribution >= 4 is 5.97 Å². The zero-order valence-corrected chi connectivity index (χ0v) is 6.73. The highest BCUT2D eigenvalue weighted by atomic mass is 16.4. The maximum Gasteiger partial charge on any atom is 0.306 e. The molecule has 2 aliphatic rings.